The van der Waals surface area contributed by atoms with Gasteiger partial charge in [0.05, 0.1) is 41.5 Å². The minimum Gasteiger partial charge on any atom is -0.496 e. The summed E-state index contributed by atoms with van der Waals surface area (Å²) < 4.78 is 47.8. The third-order valence-corrected chi connectivity index (χ3v) is 14.7. The van der Waals surface area contributed by atoms with Gasteiger partial charge in [0.15, 0.2) is 5.78 Å². The van der Waals surface area contributed by atoms with Crippen molar-refractivity contribution in [2.75, 3.05) is 13.7 Å². The molecular weight excluding hydrogens is 777 g/mol. The van der Waals surface area contributed by atoms with Gasteiger partial charge in [-0.2, -0.15) is 5.10 Å². The molecule has 16 heteroatoms. The minimum absolute atomic E-state index is 0.0128. The number of nitrogens with zero attached hydrogens (tertiary/aromatic N) is 4. The topological polar surface area (TPSA) is 188 Å². The number of hydrogen-bond donors (Lipinski definition) is 2. The lowest BCUT2D eigenvalue weighted by atomic mass is 9.91. The van der Waals surface area contributed by atoms with E-state index >= 15 is 0 Å². The Bertz CT molecular complexity index is 2280. The van der Waals surface area contributed by atoms with E-state index in [1.165, 1.54) is 4.90 Å². The molecule has 318 valence electrons. The molecule has 3 aromatic rings. The number of allylic oxidation sites excluding steroid dienone is 2. The molecule has 7 rings (SSSR count). The standard InChI is InChI=1S/C43H56N6O9S/c1-25(2)57-37-21-36(30-15-16-35(56-7)27(4)38(30)45-37)58-29-20-33-34(50)23-43(41(53)47-59(54,55)42(5)17-18-42)22-28(43)13-11-9-8-10-12-14-31(40(52)49(33)24-29)44-39(51)32-19-26(3)48(6)46-32/h11,13,15-16,19,21,25,28-29,31,33H,8-10,12,14,17-18,20,22-24H2,1-7H3,(H,44,51)(H,47,53)/b13-11-/t28-,29-,31+,33+,43-/m1/s1. The van der Waals surface area contributed by atoms with Gasteiger partial charge in [0.2, 0.25) is 27.7 Å². The fourth-order valence-corrected chi connectivity index (χ4v) is 9.68. The normalized spacial score (nSPS) is 26.3. The Balaban J connectivity index is 1.24. The number of rotatable bonds is 10. The second kappa shape index (κ2) is 16.2. The SMILES string of the molecule is COc1ccc2c(O[C@@H]3C[C@H]4C(=O)C[C@]5(C(=O)NS(=O)(=O)C6(C)CC6)C[C@H]5/C=C\CCCCC[C@H](NC(=O)c5cc(C)n(C)n5)C(=O)N4C3)cc(OC(C)C)nc2c1C. The summed E-state index contributed by atoms with van der Waals surface area (Å²) in [5.74, 6) is -0.936. The molecule has 59 heavy (non-hydrogen) atoms. The Labute approximate surface area is 345 Å². The first-order valence-corrected chi connectivity index (χ1v) is 22.1. The molecule has 0 bridgehead atoms. The molecule has 0 spiro atoms. The number of aryl methyl sites for hydroxylation is 3. The molecule has 2 aromatic heterocycles. The quantitative estimate of drug-likeness (QED) is 0.262. The van der Waals surface area contributed by atoms with Crippen LogP contribution in [0.4, 0.5) is 0 Å². The number of nitrogens with one attached hydrogen (secondary N) is 2. The summed E-state index contributed by atoms with van der Waals surface area (Å²) in [6, 6.07) is 5.02. The number of pyridine rings is 1. The Morgan fingerprint density at radius 1 is 1.05 bits per heavy atom. The second-order valence-corrected chi connectivity index (χ2v) is 19.5. The summed E-state index contributed by atoms with van der Waals surface area (Å²) >= 11 is 0. The highest BCUT2D eigenvalue weighted by Gasteiger charge is 2.62. The Morgan fingerprint density at radius 2 is 1.81 bits per heavy atom. The van der Waals surface area contributed by atoms with Crippen molar-refractivity contribution in [2.45, 2.75) is 128 Å². The highest BCUT2D eigenvalue weighted by atomic mass is 32.2. The molecule has 2 saturated carbocycles. The number of carbonyl (C=O) groups is 4. The van der Waals surface area contributed by atoms with Crippen LogP contribution in [0.15, 0.2) is 36.4 Å². The smallest absolute Gasteiger partial charge is 0.272 e. The number of Topliss-reactive ketones (excluding diaryl/α,β-unsaturated/α-hetero) is 1. The molecule has 3 amide bonds. The predicted octanol–water partition coefficient (Wildman–Crippen LogP) is 5.01. The van der Waals surface area contributed by atoms with Crippen LogP contribution in [0, 0.1) is 25.2 Å². The van der Waals surface area contributed by atoms with E-state index in [9.17, 15) is 27.6 Å². The molecule has 2 aliphatic carbocycles. The monoisotopic (exact) mass is 832 g/mol. The number of carbonyl (C=O) groups excluding carboxylic acids is 4. The van der Waals surface area contributed by atoms with Gasteiger partial charge in [-0.3, -0.25) is 28.6 Å². The van der Waals surface area contributed by atoms with Gasteiger partial charge in [-0.15, -0.1) is 0 Å². The maximum Gasteiger partial charge on any atom is 0.272 e. The van der Waals surface area contributed by atoms with Gasteiger partial charge in [0.25, 0.3) is 5.91 Å². The van der Waals surface area contributed by atoms with Crippen LogP contribution in [0.3, 0.4) is 0 Å². The molecular formula is C43H56N6O9S. The Kier molecular flexibility index (Phi) is 11.6. The van der Waals surface area contributed by atoms with Crippen molar-refractivity contribution >= 4 is 44.4 Å². The maximum atomic E-state index is 14.8. The van der Waals surface area contributed by atoms with E-state index in [2.05, 4.69) is 15.1 Å². The summed E-state index contributed by atoms with van der Waals surface area (Å²) in [5, 5.41) is 7.93. The van der Waals surface area contributed by atoms with Crippen LogP contribution in [0.25, 0.3) is 10.9 Å². The first-order valence-electron chi connectivity index (χ1n) is 20.6. The van der Waals surface area contributed by atoms with Crippen LogP contribution >= 0.6 is 0 Å². The van der Waals surface area contributed by atoms with Gasteiger partial charge < -0.3 is 24.4 Å². The third-order valence-electron chi connectivity index (χ3n) is 12.5. The van der Waals surface area contributed by atoms with Gasteiger partial charge in [-0.1, -0.05) is 25.0 Å². The lowest BCUT2D eigenvalue weighted by Gasteiger charge is -2.29. The maximum absolute atomic E-state index is 14.8. The van der Waals surface area contributed by atoms with Crippen molar-refractivity contribution in [1.82, 2.24) is 29.7 Å². The average Bonchev–Trinajstić information content (AvgIpc) is 4.01. The van der Waals surface area contributed by atoms with E-state index in [0.29, 0.717) is 66.8 Å². The molecule has 1 saturated heterocycles. The van der Waals surface area contributed by atoms with Crippen molar-refractivity contribution in [3.63, 3.8) is 0 Å². The van der Waals surface area contributed by atoms with Crippen LogP contribution in [-0.4, -0.2) is 94.3 Å². The van der Waals surface area contributed by atoms with Gasteiger partial charge in [0.1, 0.15) is 29.3 Å². The van der Waals surface area contributed by atoms with Crippen molar-refractivity contribution in [1.29, 1.82) is 0 Å². The highest BCUT2D eigenvalue weighted by Crippen LogP contribution is 2.57. The van der Waals surface area contributed by atoms with Crippen molar-refractivity contribution < 1.29 is 41.8 Å². The van der Waals surface area contributed by atoms with E-state index in [0.717, 1.165) is 24.1 Å². The van der Waals surface area contributed by atoms with E-state index in [4.69, 9.17) is 19.2 Å². The van der Waals surface area contributed by atoms with Crippen LogP contribution < -0.4 is 24.2 Å². The summed E-state index contributed by atoms with van der Waals surface area (Å²) in [7, 11) is -0.652. The number of aromatic nitrogens is 3. The summed E-state index contributed by atoms with van der Waals surface area (Å²) in [5.41, 5.74) is 1.06. The number of ketones is 1. The number of amides is 3. The molecule has 15 nitrogen and oxygen atoms in total. The second-order valence-electron chi connectivity index (χ2n) is 17.3. The zero-order valence-corrected chi connectivity index (χ0v) is 35.8. The van der Waals surface area contributed by atoms with Crippen molar-refractivity contribution in [3.8, 4) is 17.4 Å². The van der Waals surface area contributed by atoms with Crippen LogP contribution in [0.2, 0.25) is 0 Å². The van der Waals surface area contributed by atoms with Gasteiger partial charge in [0, 0.05) is 42.6 Å². The summed E-state index contributed by atoms with van der Waals surface area (Å²) in [4.78, 5) is 63.4. The molecule has 0 unspecified atom stereocenters. The summed E-state index contributed by atoms with van der Waals surface area (Å²) in [6.45, 7) is 9.13. The largest absolute Gasteiger partial charge is 0.496 e. The molecule has 5 atom stereocenters. The van der Waals surface area contributed by atoms with Gasteiger partial charge >= 0.3 is 0 Å². The van der Waals surface area contributed by atoms with Gasteiger partial charge in [-0.05, 0) is 97.3 Å². The van der Waals surface area contributed by atoms with E-state index < -0.39 is 56.1 Å². The van der Waals surface area contributed by atoms with Gasteiger partial charge in [-0.25, -0.2) is 13.4 Å². The minimum atomic E-state index is -3.97. The number of sulfonamides is 1. The molecule has 0 radical (unpaired) electrons. The van der Waals surface area contributed by atoms with E-state index in [-0.39, 0.29) is 42.9 Å². The van der Waals surface area contributed by atoms with Crippen LogP contribution in [0.5, 0.6) is 17.4 Å². The summed E-state index contributed by atoms with van der Waals surface area (Å²) in [6.07, 6.45) is 7.35. The van der Waals surface area contributed by atoms with E-state index in [1.54, 1.807) is 37.9 Å². The zero-order chi connectivity index (χ0) is 42.4. The number of hydrogen-bond acceptors (Lipinski definition) is 11. The number of benzene rings is 1. The Hall–Kier alpha value is -4.99. The molecule has 2 N–H and O–H groups in total. The highest BCUT2D eigenvalue weighted by molar-refractivity contribution is 7.91. The fraction of sp³-hybridized carbons (Fsp3) is 0.581. The molecule has 3 fully saturated rings. The molecule has 4 aliphatic rings. The number of ether oxygens (including phenoxy) is 3. The molecule has 4 heterocycles. The zero-order valence-electron chi connectivity index (χ0n) is 35.0. The third kappa shape index (κ3) is 8.55. The number of fused-ring (bicyclic) bond motifs is 3. The lowest BCUT2D eigenvalue weighted by Crippen LogP contribution is -2.52. The number of methoxy groups -OCH3 is 1. The predicted molar refractivity (Wildman–Crippen MR) is 220 cm³/mol. The molecule has 1 aromatic carbocycles. The molecule has 2 aliphatic heterocycles. The van der Waals surface area contributed by atoms with Crippen LogP contribution in [-0.2, 0) is 31.5 Å². The lowest BCUT2D eigenvalue weighted by molar-refractivity contribution is -0.140. The first kappa shape index (κ1) is 42.1. The Morgan fingerprint density at radius 3 is 2.49 bits per heavy atom. The van der Waals surface area contributed by atoms with Crippen molar-refractivity contribution in [3.05, 3.63) is 53.4 Å². The fourth-order valence-electron chi connectivity index (χ4n) is 8.35. The van der Waals surface area contributed by atoms with E-state index in [1.807, 2.05) is 52.0 Å². The average molecular weight is 833 g/mol. The van der Waals surface area contributed by atoms with Crippen molar-refractivity contribution in [2.24, 2.45) is 18.4 Å². The van der Waals surface area contributed by atoms with Crippen LogP contribution in [0.1, 0.15) is 107 Å². The first-order chi connectivity index (χ1) is 27.9.